The van der Waals surface area contributed by atoms with E-state index in [1.165, 1.54) is 5.56 Å². The number of carbonyl (C=O) groups excluding carboxylic acids is 2. The van der Waals surface area contributed by atoms with Gasteiger partial charge >= 0.3 is 0 Å². The van der Waals surface area contributed by atoms with Gasteiger partial charge in [0.2, 0.25) is 11.8 Å². The van der Waals surface area contributed by atoms with E-state index < -0.39 is 0 Å². The number of aromatic nitrogens is 2. The second-order valence-electron chi connectivity index (χ2n) is 9.33. The number of rotatable bonds is 8. The van der Waals surface area contributed by atoms with Gasteiger partial charge in [-0.05, 0) is 56.5 Å². The molecule has 0 saturated carbocycles. The zero-order valence-electron chi connectivity index (χ0n) is 21.4. The fourth-order valence-electron chi connectivity index (χ4n) is 4.44. The van der Waals surface area contributed by atoms with Crippen LogP contribution in [0.1, 0.15) is 29.7 Å². The van der Waals surface area contributed by atoms with Gasteiger partial charge in [0.25, 0.3) is 0 Å². The predicted octanol–water partition coefficient (Wildman–Crippen LogP) is 3.60. The quantitative estimate of drug-likeness (QED) is 0.523. The van der Waals surface area contributed by atoms with Crippen LogP contribution in [-0.4, -0.2) is 71.2 Å². The number of nitrogens with zero attached hydrogens (tertiary/aromatic N) is 4. The van der Waals surface area contributed by atoms with E-state index in [2.05, 4.69) is 15.3 Å². The standard InChI is InChI=1S/C28H35N5O3/c1-21-5-10-24(11-6-21)33-26(19-22(2)30-33)29-27(34)20-31-15-4-16-32(18-17-31)28(35)14-9-23-7-12-25(36-3)13-8-23/h5-8,10-13,19H,4,9,14-18,20H2,1-3H3,(H,29,34). The molecule has 36 heavy (non-hydrogen) atoms. The van der Waals surface area contributed by atoms with Crippen molar-refractivity contribution >= 4 is 17.6 Å². The van der Waals surface area contributed by atoms with Gasteiger partial charge in [0.15, 0.2) is 0 Å². The van der Waals surface area contributed by atoms with Crippen molar-refractivity contribution in [1.29, 1.82) is 0 Å². The molecule has 1 aliphatic heterocycles. The van der Waals surface area contributed by atoms with Crippen molar-refractivity contribution in [3.63, 3.8) is 0 Å². The summed E-state index contributed by atoms with van der Waals surface area (Å²) in [5.74, 6) is 1.56. The van der Waals surface area contributed by atoms with Gasteiger partial charge in [-0.1, -0.05) is 29.8 Å². The molecule has 0 radical (unpaired) electrons. The Bertz CT molecular complexity index is 1170. The molecule has 1 aromatic heterocycles. The van der Waals surface area contributed by atoms with Gasteiger partial charge in [-0.15, -0.1) is 0 Å². The van der Waals surface area contributed by atoms with E-state index in [1.54, 1.807) is 11.8 Å². The first kappa shape index (κ1) is 25.4. The number of nitrogens with one attached hydrogen (secondary N) is 1. The summed E-state index contributed by atoms with van der Waals surface area (Å²) < 4.78 is 6.96. The highest BCUT2D eigenvalue weighted by Crippen LogP contribution is 2.18. The molecule has 1 fully saturated rings. The predicted molar refractivity (Wildman–Crippen MR) is 141 cm³/mol. The van der Waals surface area contributed by atoms with Crippen LogP contribution in [0.2, 0.25) is 0 Å². The second kappa shape index (κ2) is 11.9. The maximum atomic E-state index is 12.9. The third kappa shape index (κ3) is 6.73. The molecule has 0 unspecified atom stereocenters. The monoisotopic (exact) mass is 489 g/mol. The minimum atomic E-state index is -0.0810. The number of benzene rings is 2. The molecule has 0 spiro atoms. The maximum absolute atomic E-state index is 12.9. The number of ether oxygens (including phenoxy) is 1. The number of hydrogen-bond donors (Lipinski definition) is 1. The molecule has 190 valence electrons. The lowest BCUT2D eigenvalue weighted by Crippen LogP contribution is -2.38. The number of carbonyl (C=O) groups is 2. The Kier molecular flexibility index (Phi) is 8.38. The van der Waals surface area contributed by atoms with E-state index >= 15 is 0 Å². The molecule has 0 aliphatic carbocycles. The van der Waals surface area contributed by atoms with Crippen LogP contribution in [0.3, 0.4) is 0 Å². The molecule has 4 rings (SSSR count). The largest absolute Gasteiger partial charge is 0.497 e. The highest BCUT2D eigenvalue weighted by atomic mass is 16.5. The van der Waals surface area contributed by atoms with Crippen molar-refractivity contribution in [2.24, 2.45) is 0 Å². The zero-order chi connectivity index (χ0) is 25.5. The van der Waals surface area contributed by atoms with Gasteiger partial charge in [0, 0.05) is 38.7 Å². The van der Waals surface area contributed by atoms with Gasteiger partial charge in [-0.25, -0.2) is 4.68 Å². The molecule has 1 aliphatic rings. The summed E-state index contributed by atoms with van der Waals surface area (Å²) in [7, 11) is 1.65. The summed E-state index contributed by atoms with van der Waals surface area (Å²) >= 11 is 0. The maximum Gasteiger partial charge on any atom is 0.239 e. The average Bonchev–Trinajstić information content (AvgIpc) is 3.08. The normalized spacial score (nSPS) is 14.4. The van der Waals surface area contributed by atoms with Crippen LogP contribution in [0, 0.1) is 13.8 Å². The highest BCUT2D eigenvalue weighted by Gasteiger charge is 2.21. The van der Waals surface area contributed by atoms with E-state index in [0.717, 1.165) is 42.2 Å². The third-order valence-corrected chi connectivity index (χ3v) is 6.47. The number of amides is 2. The lowest BCUT2D eigenvalue weighted by molar-refractivity contribution is -0.131. The Hall–Kier alpha value is -3.65. The van der Waals surface area contributed by atoms with Gasteiger partial charge in [0.1, 0.15) is 11.6 Å². The summed E-state index contributed by atoms with van der Waals surface area (Å²) in [5, 5.41) is 7.56. The van der Waals surface area contributed by atoms with Crippen molar-refractivity contribution in [3.8, 4) is 11.4 Å². The topological polar surface area (TPSA) is 79.7 Å². The summed E-state index contributed by atoms with van der Waals surface area (Å²) in [5.41, 5.74) is 4.03. The van der Waals surface area contributed by atoms with Gasteiger partial charge < -0.3 is 15.0 Å². The van der Waals surface area contributed by atoms with Crippen LogP contribution >= 0.6 is 0 Å². The molecule has 8 heteroatoms. The Labute approximate surface area is 212 Å². The Morgan fingerprint density at radius 2 is 1.72 bits per heavy atom. The van der Waals surface area contributed by atoms with Crippen molar-refractivity contribution in [2.75, 3.05) is 45.2 Å². The second-order valence-corrected chi connectivity index (χ2v) is 9.33. The molecule has 3 aromatic rings. The number of anilines is 1. The van der Waals surface area contributed by atoms with E-state index in [4.69, 9.17) is 4.74 Å². The molecule has 2 aromatic carbocycles. The fraction of sp³-hybridized carbons (Fsp3) is 0.393. The summed E-state index contributed by atoms with van der Waals surface area (Å²) in [6, 6.07) is 17.8. The van der Waals surface area contributed by atoms with Crippen LogP contribution < -0.4 is 10.1 Å². The molecular formula is C28H35N5O3. The first-order valence-electron chi connectivity index (χ1n) is 12.5. The van der Waals surface area contributed by atoms with E-state index in [1.807, 2.05) is 73.3 Å². The molecule has 0 atom stereocenters. The van der Waals surface area contributed by atoms with Crippen LogP contribution in [0.5, 0.6) is 5.75 Å². The molecule has 0 bridgehead atoms. The van der Waals surface area contributed by atoms with Crippen LogP contribution in [0.4, 0.5) is 5.82 Å². The summed E-state index contributed by atoms with van der Waals surface area (Å²) in [4.78, 5) is 29.7. The van der Waals surface area contributed by atoms with Crippen LogP contribution in [-0.2, 0) is 16.0 Å². The Morgan fingerprint density at radius 1 is 0.972 bits per heavy atom. The SMILES string of the molecule is COc1ccc(CCC(=O)N2CCCN(CC(=O)Nc3cc(C)nn3-c3ccc(C)cc3)CC2)cc1. The number of aryl methyl sites for hydroxylation is 3. The Morgan fingerprint density at radius 3 is 2.44 bits per heavy atom. The fourth-order valence-corrected chi connectivity index (χ4v) is 4.44. The van der Waals surface area contributed by atoms with Gasteiger partial charge in [0.05, 0.1) is 25.0 Å². The zero-order valence-corrected chi connectivity index (χ0v) is 21.4. The van der Waals surface area contributed by atoms with Crippen LogP contribution in [0.25, 0.3) is 5.69 Å². The van der Waals surface area contributed by atoms with E-state index in [-0.39, 0.29) is 18.4 Å². The van der Waals surface area contributed by atoms with E-state index in [9.17, 15) is 9.59 Å². The highest BCUT2D eigenvalue weighted by molar-refractivity contribution is 5.91. The minimum Gasteiger partial charge on any atom is -0.497 e. The lowest BCUT2D eigenvalue weighted by atomic mass is 10.1. The summed E-state index contributed by atoms with van der Waals surface area (Å²) in [6.45, 7) is 7.05. The number of hydrogen-bond acceptors (Lipinski definition) is 5. The Balaban J connectivity index is 1.27. The van der Waals surface area contributed by atoms with Crippen LogP contribution in [0.15, 0.2) is 54.6 Å². The number of methoxy groups -OCH3 is 1. The van der Waals surface area contributed by atoms with Crippen molar-refractivity contribution in [3.05, 3.63) is 71.4 Å². The van der Waals surface area contributed by atoms with E-state index in [0.29, 0.717) is 31.7 Å². The molecule has 1 saturated heterocycles. The third-order valence-electron chi connectivity index (χ3n) is 6.47. The molecule has 2 amide bonds. The lowest BCUT2D eigenvalue weighted by Gasteiger charge is -2.22. The average molecular weight is 490 g/mol. The van der Waals surface area contributed by atoms with Gasteiger partial charge in [-0.3, -0.25) is 14.5 Å². The van der Waals surface area contributed by atoms with Gasteiger partial charge in [-0.2, -0.15) is 5.10 Å². The van der Waals surface area contributed by atoms with Crippen molar-refractivity contribution < 1.29 is 14.3 Å². The van der Waals surface area contributed by atoms with Crippen molar-refractivity contribution in [1.82, 2.24) is 19.6 Å². The first-order valence-corrected chi connectivity index (χ1v) is 12.5. The molecule has 1 N–H and O–H groups in total. The molecule has 2 heterocycles. The van der Waals surface area contributed by atoms with Crippen molar-refractivity contribution in [2.45, 2.75) is 33.1 Å². The first-order chi connectivity index (χ1) is 17.4. The molecular weight excluding hydrogens is 454 g/mol. The summed E-state index contributed by atoms with van der Waals surface area (Å²) in [6.07, 6.45) is 2.04. The molecule has 8 nitrogen and oxygen atoms in total. The minimum absolute atomic E-state index is 0.0810. The smallest absolute Gasteiger partial charge is 0.239 e.